The van der Waals surface area contributed by atoms with Crippen LogP contribution in [0, 0.1) is 0 Å². The predicted molar refractivity (Wildman–Crippen MR) is 78.1 cm³/mol. The molecule has 0 atom stereocenters. The zero-order valence-corrected chi connectivity index (χ0v) is 12.6. The van der Waals surface area contributed by atoms with E-state index in [9.17, 15) is 0 Å². The summed E-state index contributed by atoms with van der Waals surface area (Å²) in [5.41, 5.74) is 2.88. The van der Waals surface area contributed by atoms with Crippen LogP contribution in [0.25, 0.3) is 0 Å². The lowest BCUT2D eigenvalue weighted by Crippen LogP contribution is -2.19. The van der Waals surface area contributed by atoms with E-state index in [4.69, 9.17) is 0 Å². The zero-order valence-electron chi connectivity index (χ0n) is 10.2. The van der Waals surface area contributed by atoms with Crippen LogP contribution in [0.2, 0.25) is 0 Å². The van der Waals surface area contributed by atoms with E-state index < -0.39 is 0 Å². The molecule has 7 heteroatoms. The Labute approximate surface area is 118 Å². The zero-order chi connectivity index (χ0) is 13.0. The Morgan fingerprint density at radius 2 is 2.22 bits per heavy atom. The maximum absolute atomic E-state index is 4.31. The van der Waals surface area contributed by atoms with E-state index in [1.165, 1.54) is 0 Å². The molecule has 2 aromatic heterocycles. The lowest BCUT2D eigenvalue weighted by molar-refractivity contribution is 0.864. The fourth-order valence-corrected chi connectivity index (χ4v) is 2.75. The minimum absolute atomic E-state index is 0.727. The van der Waals surface area contributed by atoms with Crippen LogP contribution < -0.4 is 10.2 Å². The fourth-order valence-electron chi connectivity index (χ4n) is 1.55. The highest BCUT2D eigenvalue weighted by atomic mass is 79.9. The molecule has 0 spiro atoms. The van der Waals surface area contributed by atoms with Gasteiger partial charge in [-0.3, -0.25) is 0 Å². The third kappa shape index (κ3) is 2.97. The van der Waals surface area contributed by atoms with E-state index in [2.05, 4.69) is 36.2 Å². The van der Waals surface area contributed by atoms with Crippen molar-refractivity contribution in [3.63, 3.8) is 0 Å². The number of halogens is 1. The number of anilines is 2. The van der Waals surface area contributed by atoms with Crippen molar-refractivity contribution in [2.45, 2.75) is 13.5 Å². The van der Waals surface area contributed by atoms with Gasteiger partial charge in [0.25, 0.3) is 0 Å². The van der Waals surface area contributed by atoms with Gasteiger partial charge >= 0.3 is 0 Å². The monoisotopic (exact) mass is 327 g/mol. The second-order valence-electron chi connectivity index (χ2n) is 3.73. The molecule has 96 valence electrons. The number of thiazole rings is 1. The molecule has 18 heavy (non-hydrogen) atoms. The quantitative estimate of drug-likeness (QED) is 0.915. The Morgan fingerprint density at radius 1 is 1.39 bits per heavy atom. The van der Waals surface area contributed by atoms with Gasteiger partial charge in [-0.15, -0.1) is 11.3 Å². The third-order valence-corrected chi connectivity index (χ3v) is 3.72. The first kappa shape index (κ1) is 13.2. The van der Waals surface area contributed by atoms with E-state index in [1.54, 1.807) is 17.7 Å². The Morgan fingerprint density at radius 3 is 2.89 bits per heavy atom. The van der Waals surface area contributed by atoms with E-state index in [0.29, 0.717) is 0 Å². The summed E-state index contributed by atoms with van der Waals surface area (Å²) in [4.78, 5) is 14.8. The van der Waals surface area contributed by atoms with Gasteiger partial charge in [-0.05, 0) is 22.9 Å². The van der Waals surface area contributed by atoms with Gasteiger partial charge in [0.05, 0.1) is 17.7 Å². The van der Waals surface area contributed by atoms with Crippen molar-refractivity contribution in [3.05, 3.63) is 27.4 Å². The summed E-state index contributed by atoms with van der Waals surface area (Å²) in [5.74, 6) is 1.67. The summed E-state index contributed by atoms with van der Waals surface area (Å²) >= 11 is 5.14. The molecular weight excluding hydrogens is 314 g/mol. The summed E-state index contributed by atoms with van der Waals surface area (Å²) in [6.07, 6.45) is 1.57. The molecule has 0 amide bonds. The number of hydrogen-bond acceptors (Lipinski definition) is 6. The molecule has 0 saturated heterocycles. The third-order valence-electron chi connectivity index (χ3n) is 2.36. The lowest BCUT2D eigenvalue weighted by Gasteiger charge is -2.19. The molecule has 2 heterocycles. The molecule has 0 unspecified atom stereocenters. The Kier molecular flexibility index (Phi) is 4.48. The highest BCUT2D eigenvalue weighted by molar-refractivity contribution is 9.10. The number of rotatable bonds is 5. The first-order valence-electron chi connectivity index (χ1n) is 5.55. The van der Waals surface area contributed by atoms with Gasteiger partial charge in [-0.1, -0.05) is 0 Å². The second kappa shape index (κ2) is 6.10. The van der Waals surface area contributed by atoms with E-state index >= 15 is 0 Å². The number of nitrogens with zero attached hydrogens (tertiary/aromatic N) is 4. The van der Waals surface area contributed by atoms with Gasteiger partial charge < -0.3 is 10.2 Å². The van der Waals surface area contributed by atoms with Crippen LogP contribution >= 0.6 is 27.3 Å². The summed E-state index contributed by atoms with van der Waals surface area (Å²) in [5, 5.41) is 5.23. The maximum atomic E-state index is 4.31. The van der Waals surface area contributed by atoms with Gasteiger partial charge in [0.15, 0.2) is 0 Å². The van der Waals surface area contributed by atoms with Gasteiger partial charge in [0, 0.05) is 19.0 Å². The smallest absolute Gasteiger partial charge is 0.148 e. The number of aromatic nitrogens is 3. The second-order valence-corrected chi connectivity index (χ2v) is 5.24. The predicted octanol–water partition coefficient (Wildman–Crippen LogP) is 2.76. The molecular formula is C11H14BrN5S. The summed E-state index contributed by atoms with van der Waals surface area (Å²) in [7, 11) is 1.99. The molecule has 0 aromatic carbocycles. The average Bonchev–Trinajstić information content (AvgIpc) is 2.85. The van der Waals surface area contributed by atoms with Crippen LogP contribution in [0.15, 0.2) is 21.7 Å². The summed E-state index contributed by atoms with van der Waals surface area (Å²) in [6.45, 7) is 3.59. The van der Waals surface area contributed by atoms with E-state index in [1.807, 2.05) is 29.8 Å². The normalized spacial score (nSPS) is 10.4. The van der Waals surface area contributed by atoms with Gasteiger partial charge in [0.1, 0.15) is 22.4 Å². The Bertz CT molecular complexity index is 502. The van der Waals surface area contributed by atoms with Crippen molar-refractivity contribution in [3.8, 4) is 0 Å². The first-order chi connectivity index (χ1) is 8.72. The molecule has 2 rings (SSSR count). The average molecular weight is 328 g/mol. The fraction of sp³-hybridized carbons (Fsp3) is 0.364. The number of hydrogen-bond donors (Lipinski definition) is 1. The largest absolute Gasteiger partial charge is 0.369 e. The standard InChI is InChI=1S/C11H14BrN5S/c1-3-13-10-9(12)11(15-6-14-10)17(2)4-8-5-18-7-16-8/h5-7H,3-4H2,1-2H3,(H,13,14,15). The molecule has 0 aliphatic heterocycles. The minimum atomic E-state index is 0.727. The number of nitrogens with one attached hydrogen (secondary N) is 1. The Hall–Kier alpha value is -1.21. The molecule has 0 saturated carbocycles. The van der Waals surface area contributed by atoms with Crippen LogP contribution in [-0.4, -0.2) is 28.5 Å². The van der Waals surface area contributed by atoms with Crippen molar-refractivity contribution in [1.29, 1.82) is 0 Å². The molecule has 1 N–H and O–H groups in total. The van der Waals surface area contributed by atoms with Crippen LogP contribution in [0.5, 0.6) is 0 Å². The molecule has 5 nitrogen and oxygen atoms in total. The van der Waals surface area contributed by atoms with Gasteiger partial charge in [-0.2, -0.15) is 0 Å². The van der Waals surface area contributed by atoms with Crippen molar-refractivity contribution >= 4 is 38.9 Å². The van der Waals surface area contributed by atoms with Crippen molar-refractivity contribution in [1.82, 2.24) is 15.0 Å². The Balaban J connectivity index is 2.19. The van der Waals surface area contributed by atoms with Crippen LogP contribution in [0.4, 0.5) is 11.6 Å². The summed E-state index contributed by atoms with van der Waals surface area (Å²) in [6, 6.07) is 0. The van der Waals surface area contributed by atoms with Gasteiger partial charge in [0.2, 0.25) is 0 Å². The highest BCUT2D eigenvalue weighted by Crippen LogP contribution is 2.29. The van der Waals surface area contributed by atoms with Crippen LogP contribution in [0.3, 0.4) is 0 Å². The van der Waals surface area contributed by atoms with E-state index in [-0.39, 0.29) is 0 Å². The SMILES string of the molecule is CCNc1ncnc(N(C)Cc2cscn2)c1Br. The molecule has 0 aliphatic carbocycles. The molecule has 2 aromatic rings. The molecule has 0 bridgehead atoms. The topological polar surface area (TPSA) is 53.9 Å². The maximum Gasteiger partial charge on any atom is 0.148 e. The molecule has 0 fully saturated rings. The van der Waals surface area contributed by atoms with Crippen molar-refractivity contribution < 1.29 is 0 Å². The molecule has 0 radical (unpaired) electrons. The molecule has 0 aliphatic rings. The summed E-state index contributed by atoms with van der Waals surface area (Å²) < 4.78 is 0.879. The van der Waals surface area contributed by atoms with Crippen molar-refractivity contribution in [2.24, 2.45) is 0 Å². The van der Waals surface area contributed by atoms with Crippen molar-refractivity contribution in [2.75, 3.05) is 23.8 Å². The van der Waals surface area contributed by atoms with E-state index in [0.717, 1.165) is 34.9 Å². The minimum Gasteiger partial charge on any atom is -0.369 e. The lowest BCUT2D eigenvalue weighted by atomic mass is 10.4. The van der Waals surface area contributed by atoms with Crippen LogP contribution in [0.1, 0.15) is 12.6 Å². The van der Waals surface area contributed by atoms with Gasteiger partial charge in [-0.25, -0.2) is 15.0 Å². The first-order valence-corrected chi connectivity index (χ1v) is 7.28. The van der Waals surface area contributed by atoms with Crippen LogP contribution in [-0.2, 0) is 6.54 Å². The highest BCUT2D eigenvalue weighted by Gasteiger charge is 2.12.